The van der Waals surface area contributed by atoms with Gasteiger partial charge < -0.3 is 25.5 Å². The average molecular weight is 1160 g/mol. The number of aryl methyl sites for hydroxylation is 6. The van der Waals surface area contributed by atoms with Crippen LogP contribution in [0.2, 0.25) is 0 Å². The lowest BCUT2D eigenvalue weighted by Crippen LogP contribution is -2.18. The minimum atomic E-state index is -0.0215. The first-order valence-electron chi connectivity index (χ1n) is 31.8. The standard InChI is InChI=1S/2C18H30O.C16H26O.C15H24O.C12H18O/c2*1-8-9-10-13-11-14(17(2,3)4)16(19)15(12-13)18(5,6)7;1-8-11-9-12(15(2,3)4)14(17)13(10-11)16(5,6)7;1-10-8-11(14(2,3)4)13(16)12(9-10)15(5,6)7;1-8-6-9(2)11(13)10(7-8)12(3,4)5/h2*11-12,19H,8-10H2,1-7H3;9-10,17H,8H2,1-7H3;8-9,16H,1-7H3;6-7,13H,1-5H3. The summed E-state index contributed by atoms with van der Waals surface area (Å²) in [5.41, 5.74) is 16.8. The van der Waals surface area contributed by atoms with Crippen molar-refractivity contribution in [3.05, 3.63) is 144 Å². The van der Waals surface area contributed by atoms with Crippen LogP contribution in [-0.2, 0) is 68.0 Å². The molecule has 5 nitrogen and oxygen atoms in total. The summed E-state index contributed by atoms with van der Waals surface area (Å²) < 4.78 is 0. The van der Waals surface area contributed by atoms with Gasteiger partial charge >= 0.3 is 0 Å². The van der Waals surface area contributed by atoms with Crippen LogP contribution in [0.25, 0.3) is 0 Å². The summed E-state index contributed by atoms with van der Waals surface area (Å²) in [5, 5.41) is 51.9. The Morgan fingerprint density at radius 1 is 0.250 bits per heavy atom. The first-order chi connectivity index (χ1) is 37.6. The van der Waals surface area contributed by atoms with Gasteiger partial charge in [-0.2, -0.15) is 0 Å². The summed E-state index contributed by atoms with van der Waals surface area (Å²) >= 11 is 0. The van der Waals surface area contributed by atoms with Crippen LogP contribution < -0.4 is 0 Å². The Bertz CT molecular complexity index is 2670. The number of rotatable bonds is 7. The molecule has 0 saturated heterocycles. The molecule has 5 N–H and O–H groups in total. The minimum Gasteiger partial charge on any atom is -0.507 e. The van der Waals surface area contributed by atoms with Gasteiger partial charge in [-0.25, -0.2) is 0 Å². The summed E-state index contributed by atoms with van der Waals surface area (Å²) in [4.78, 5) is 0. The third-order valence-electron chi connectivity index (χ3n) is 15.5. The number of benzene rings is 5. The number of phenols is 5. The van der Waals surface area contributed by atoms with E-state index in [0.717, 1.165) is 74.9 Å². The zero-order valence-corrected chi connectivity index (χ0v) is 60.5. The van der Waals surface area contributed by atoms with Crippen molar-refractivity contribution in [1.29, 1.82) is 0 Å². The van der Waals surface area contributed by atoms with Gasteiger partial charge in [0.25, 0.3) is 0 Å². The maximum atomic E-state index is 10.6. The highest BCUT2D eigenvalue weighted by Gasteiger charge is 2.30. The maximum Gasteiger partial charge on any atom is 0.123 e. The average Bonchev–Trinajstić information content (AvgIpc) is 3.30. The molecule has 0 aliphatic rings. The van der Waals surface area contributed by atoms with Crippen LogP contribution in [0.1, 0.15) is 317 Å². The topological polar surface area (TPSA) is 101 Å². The fraction of sp³-hybridized carbons (Fsp3) is 0.620. The molecule has 0 aliphatic heterocycles. The van der Waals surface area contributed by atoms with Crippen molar-refractivity contribution >= 4 is 0 Å². The highest BCUT2D eigenvalue weighted by Crippen LogP contribution is 2.44. The predicted molar refractivity (Wildman–Crippen MR) is 370 cm³/mol. The Morgan fingerprint density at radius 2 is 0.429 bits per heavy atom. The second kappa shape index (κ2) is 29.2. The molecule has 84 heavy (non-hydrogen) atoms. The van der Waals surface area contributed by atoms with Crippen LogP contribution in [0.15, 0.2) is 60.7 Å². The molecule has 0 radical (unpaired) electrons. The van der Waals surface area contributed by atoms with E-state index in [1.165, 1.54) is 53.5 Å². The minimum absolute atomic E-state index is 0.0147. The SMILES string of the molecule is CCCCc1cc(C(C)(C)C)c(O)c(C(C)(C)C)c1.CCCCc1cc(C(C)(C)C)c(O)c(C(C)(C)C)c1.CCc1cc(C(C)(C)C)c(O)c(C(C)(C)C)c1.Cc1cc(C(C)(C)C)c(O)c(C(C)(C)C)c1.Cc1cc(C)c(O)c(C(C)(C)C)c1. The summed E-state index contributed by atoms with van der Waals surface area (Å²) in [6.07, 6.45) is 8.03. The molecule has 0 aromatic heterocycles. The fourth-order valence-electron chi connectivity index (χ4n) is 10.2. The van der Waals surface area contributed by atoms with Crippen LogP contribution in [0.3, 0.4) is 0 Å². The van der Waals surface area contributed by atoms with Crippen LogP contribution in [0.5, 0.6) is 28.7 Å². The van der Waals surface area contributed by atoms with E-state index in [0.29, 0.717) is 28.7 Å². The van der Waals surface area contributed by atoms with E-state index in [9.17, 15) is 25.5 Å². The number of hydrogen-bond donors (Lipinski definition) is 5. The van der Waals surface area contributed by atoms with Crippen molar-refractivity contribution in [2.24, 2.45) is 0 Å². The Morgan fingerprint density at radius 3 is 0.619 bits per heavy atom. The number of unbranched alkanes of at least 4 members (excludes halogenated alkanes) is 2. The molecule has 0 heterocycles. The third-order valence-corrected chi connectivity index (χ3v) is 15.5. The monoisotopic (exact) mass is 1160 g/mol. The molecule has 5 heteroatoms. The van der Waals surface area contributed by atoms with Crippen LogP contribution in [0, 0.1) is 20.8 Å². The molecule has 0 amide bonds. The van der Waals surface area contributed by atoms with Gasteiger partial charge in [0.15, 0.2) is 0 Å². The molecule has 0 atom stereocenters. The number of aromatic hydroxyl groups is 5. The quantitative estimate of drug-likeness (QED) is 0.112. The molecule has 474 valence electrons. The highest BCUT2D eigenvalue weighted by molar-refractivity contribution is 5.53. The van der Waals surface area contributed by atoms with Gasteiger partial charge in [0.05, 0.1) is 0 Å². The van der Waals surface area contributed by atoms with Gasteiger partial charge in [0, 0.05) is 0 Å². The van der Waals surface area contributed by atoms with Gasteiger partial charge in [-0.05, 0) is 174 Å². The first-order valence-corrected chi connectivity index (χ1v) is 31.8. The van der Waals surface area contributed by atoms with Crippen LogP contribution in [-0.4, -0.2) is 25.5 Å². The molecule has 0 fully saturated rings. The van der Waals surface area contributed by atoms with Gasteiger partial charge in [-0.3, -0.25) is 0 Å². The smallest absolute Gasteiger partial charge is 0.123 e. The molecule has 0 unspecified atom stereocenters. The number of phenolic OH excluding ortho intramolecular Hbond substituents is 5. The molecule has 0 aliphatic carbocycles. The Hall–Kier alpha value is -4.90. The summed E-state index contributed by atoms with van der Waals surface area (Å²) in [6.45, 7) is 70.7. The summed E-state index contributed by atoms with van der Waals surface area (Å²) in [5.74, 6) is 2.35. The Kier molecular flexibility index (Phi) is 26.8. The van der Waals surface area contributed by atoms with Gasteiger partial charge in [-0.15, -0.1) is 0 Å². The highest BCUT2D eigenvalue weighted by atomic mass is 16.3. The Labute approximate surface area is 518 Å². The number of hydrogen-bond acceptors (Lipinski definition) is 5. The van der Waals surface area contributed by atoms with E-state index < -0.39 is 0 Å². The largest absolute Gasteiger partial charge is 0.507 e. The molecular weight excluding hydrogens is 1030 g/mol. The lowest BCUT2D eigenvalue weighted by atomic mass is 9.78. The van der Waals surface area contributed by atoms with Gasteiger partial charge in [-0.1, -0.05) is 292 Å². The van der Waals surface area contributed by atoms with Crippen molar-refractivity contribution in [2.45, 2.75) is 322 Å². The van der Waals surface area contributed by atoms with E-state index >= 15 is 0 Å². The second-order valence-electron chi connectivity index (χ2n) is 33.6. The molecule has 5 rings (SSSR count). The van der Waals surface area contributed by atoms with E-state index in [2.05, 4.69) is 276 Å². The van der Waals surface area contributed by atoms with Crippen LogP contribution >= 0.6 is 0 Å². The zero-order valence-electron chi connectivity index (χ0n) is 60.5. The summed E-state index contributed by atoms with van der Waals surface area (Å²) in [6, 6.07) is 21.3. The van der Waals surface area contributed by atoms with Crippen LogP contribution in [0.4, 0.5) is 0 Å². The molecular formula is C79H128O5. The van der Waals surface area contributed by atoms with Gasteiger partial charge in [0.1, 0.15) is 28.7 Å². The molecule has 0 spiro atoms. The Balaban J connectivity index is 0.000000528. The van der Waals surface area contributed by atoms with Crippen molar-refractivity contribution < 1.29 is 25.5 Å². The predicted octanol–water partition coefficient (Wildman–Crippen LogP) is 22.8. The molecule has 0 bridgehead atoms. The van der Waals surface area contributed by atoms with Crippen molar-refractivity contribution in [1.82, 2.24) is 0 Å². The van der Waals surface area contributed by atoms with Gasteiger partial charge in [0.2, 0.25) is 0 Å². The molecule has 0 saturated carbocycles. The summed E-state index contributed by atoms with van der Waals surface area (Å²) in [7, 11) is 0. The first kappa shape index (κ1) is 77.1. The lowest BCUT2D eigenvalue weighted by Gasteiger charge is -2.28. The van der Waals surface area contributed by atoms with E-state index in [1.807, 2.05) is 13.0 Å². The van der Waals surface area contributed by atoms with Crippen molar-refractivity contribution in [2.75, 3.05) is 0 Å². The molecule has 5 aromatic carbocycles. The second-order valence-corrected chi connectivity index (χ2v) is 33.6. The van der Waals surface area contributed by atoms with E-state index in [1.54, 1.807) is 0 Å². The fourth-order valence-corrected chi connectivity index (χ4v) is 10.2. The molecule has 5 aromatic rings. The van der Waals surface area contributed by atoms with E-state index in [-0.39, 0.29) is 48.7 Å². The normalized spacial score (nSPS) is 12.7. The zero-order chi connectivity index (χ0) is 66.1. The third kappa shape index (κ3) is 23.1. The maximum absolute atomic E-state index is 10.6. The van der Waals surface area contributed by atoms with Crippen molar-refractivity contribution in [3.8, 4) is 28.7 Å². The van der Waals surface area contributed by atoms with Crippen molar-refractivity contribution in [3.63, 3.8) is 0 Å². The van der Waals surface area contributed by atoms with E-state index in [4.69, 9.17) is 0 Å². The lowest BCUT2D eigenvalue weighted by molar-refractivity contribution is 0.421.